The highest BCUT2D eigenvalue weighted by Crippen LogP contribution is 2.39. The fraction of sp³-hybridized carbons (Fsp3) is 0.250. The van der Waals surface area contributed by atoms with Gasteiger partial charge in [0.05, 0.1) is 17.3 Å². The lowest BCUT2D eigenvalue weighted by Gasteiger charge is -2.23. The Morgan fingerprint density at radius 1 is 1.33 bits per heavy atom. The number of hydrogen-bond donors (Lipinski definition) is 1. The van der Waals surface area contributed by atoms with Crippen LogP contribution in [0.2, 0.25) is 0 Å². The van der Waals surface area contributed by atoms with Crippen molar-refractivity contribution in [2.75, 3.05) is 11.4 Å². The van der Waals surface area contributed by atoms with E-state index in [9.17, 15) is 18.0 Å². The number of benzene rings is 1. The maximum absolute atomic E-state index is 12.7. The van der Waals surface area contributed by atoms with Crippen molar-refractivity contribution in [1.82, 2.24) is 4.98 Å². The molecule has 0 amide bonds. The van der Waals surface area contributed by atoms with Crippen molar-refractivity contribution in [1.29, 1.82) is 5.26 Å². The second-order valence-electron chi connectivity index (χ2n) is 5.39. The van der Waals surface area contributed by atoms with Crippen LogP contribution in [0.5, 0.6) is 5.75 Å². The minimum absolute atomic E-state index is 0.0511. The molecule has 0 saturated heterocycles. The highest BCUT2D eigenvalue weighted by molar-refractivity contribution is 5.72. The Bertz CT molecular complexity index is 897. The number of hydrogen-bond acceptors (Lipinski definition) is 4. The number of pyridine rings is 1. The molecule has 2 heterocycles. The summed E-state index contributed by atoms with van der Waals surface area (Å²) in [6.07, 6.45) is -4.47. The third kappa shape index (κ3) is 2.93. The minimum atomic E-state index is -4.88. The number of alkyl halides is 3. The van der Waals surface area contributed by atoms with Crippen LogP contribution in [0.1, 0.15) is 16.8 Å². The first kappa shape index (κ1) is 15.9. The summed E-state index contributed by atoms with van der Waals surface area (Å²) in [4.78, 5) is 16.6. The molecule has 0 bridgehead atoms. The lowest BCUT2D eigenvalue weighted by molar-refractivity contribution is -0.274. The van der Waals surface area contributed by atoms with Crippen LogP contribution < -0.4 is 15.1 Å². The molecule has 5 nitrogen and oxygen atoms in total. The van der Waals surface area contributed by atoms with E-state index in [0.29, 0.717) is 30.0 Å². The molecule has 124 valence electrons. The third-order valence-electron chi connectivity index (χ3n) is 3.71. The van der Waals surface area contributed by atoms with Gasteiger partial charge in [0, 0.05) is 29.9 Å². The van der Waals surface area contributed by atoms with Gasteiger partial charge in [0.25, 0.3) is 0 Å². The fourth-order valence-corrected chi connectivity index (χ4v) is 2.76. The number of H-pyrrole nitrogens is 1. The fourth-order valence-electron chi connectivity index (χ4n) is 2.76. The molecule has 8 heteroatoms. The van der Waals surface area contributed by atoms with Crippen molar-refractivity contribution in [2.24, 2.45) is 0 Å². The molecule has 0 aliphatic carbocycles. The number of aryl methyl sites for hydroxylation is 1. The van der Waals surface area contributed by atoms with Gasteiger partial charge in [-0.3, -0.25) is 4.79 Å². The van der Waals surface area contributed by atoms with Crippen molar-refractivity contribution in [3.05, 3.63) is 51.3 Å². The van der Waals surface area contributed by atoms with Gasteiger partial charge in [-0.2, -0.15) is 5.26 Å². The Balaban J connectivity index is 2.12. The Labute approximate surface area is 134 Å². The van der Waals surface area contributed by atoms with Gasteiger partial charge in [-0.1, -0.05) is 0 Å². The number of nitriles is 1. The van der Waals surface area contributed by atoms with Crippen LogP contribution in [-0.2, 0) is 6.42 Å². The monoisotopic (exact) mass is 335 g/mol. The molecular weight excluding hydrogens is 323 g/mol. The maximum atomic E-state index is 12.7. The van der Waals surface area contributed by atoms with Crippen molar-refractivity contribution in [3.63, 3.8) is 0 Å². The van der Waals surface area contributed by atoms with Crippen LogP contribution in [0.4, 0.5) is 24.7 Å². The SMILES string of the molecule is Cc1cc(=O)c2c([nH]1)N(c1ccc(C#N)cc1OC(F)(F)F)CC2. The second kappa shape index (κ2) is 5.60. The van der Waals surface area contributed by atoms with Crippen LogP contribution in [0.15, 0.2) is 29.1 Å². The van der Waals surface area contributed by atoms with Gasteiger partial charge in [0.15, 0.2) is 11.2 Å². The third-order valence-corrected chi connectivity index (χ3v) is 3.71. The van der Waals surface area contributed by atoms with Crippen LogP contribution >= 0.6 is 0 Å². The van der Waals surface area contributed by atoms with Gasteiger partial charge in [-0.25, -0.2) is 0 Å². The number of anilines is 2. The van der Waals surface area contributed by atoms with E-state index in [1.807, 2.05) is 0 Å². The molecule has 1 N–H and O–H groups in total. The molecule has 0 unspecified atom stereocenters. The minimum Gasteiger partial charge on any atom is -0.404 e. The lowest BCUT2D eigenvalue weighted by Crippen LogP contribution is -2.21. The van der Waals surface area contributed by atoms with Gasteiger partial charge in [0.1, 0.15) is 5.82 Å². The largest absolute Gasteiger partial charge is 0.573 e. The number of aromatic nitrogens is 1. The van der Waals surface area contributed by atoms with Crippen LogP contribution in [0.3, 0.4) is 0 Å². The summed E-state index contributed by atoms with van der Waals surface area (Å²) < 4.78 is 42.1. The first-order chi connectivity index (χ1) is 11.3. The molecule has 3 rings (SSSR count). The van der Waals surface area contributed by atoms with Crippen molar-refractivity contribution >= 4 is 11.5 Å². The Morgan fingerprint density at radius 2 is 2.08 bits per heavy atom. The number of nitrogens with one attached hydrogen (secondary N) is 1. The van der Waals surface area contributed by atoms with E-state index >= 15 is 0 Å². The molecule has 1 aromatic carbocycles. The van der Waals surface area contributed by atoms with E-state index in [1.54, 1.807) is 17.9 Å². The second-order valence-corrected chi connectivity index (χ2v) is 5.39. The van der Waals surface area contributed by atoms with Gasteiger partial charge < -0.3 is 14.6 Å². The van der Waals surface area contributed by atoms with E-state index in [-0.39, 0.29) is 16.7 Å². The summed E-state index contributed by atoms with van der Waals surface area (Å²) in [7, 11) is 0. The summed E-state index contributed by atoms with van der Waals surface area (Å²) in [6.45, 7) is 2.04. The van der Waals surface area contributed by atoms with Crippen LogP contribution in [0.25, 0.3) is 0 Å². The van der Waals surface area contributed by atoms with Gasteiger partial charge >= 0.3 is 6.36 Å². The number of halogens is 3. The summed E-state index contributed by atoms with van der Waals surface area (Å²) in [6, 6.07) is 7.07. The van der Waals surface area contributed by atoms with E-state index in [4.69, 9.17) is 5.26 Å². The predicted molar refractivity (Wildman–Crippen MR) is 80.3 cm³/mol. The smallest absolute Gasteiger partial charge is 0.404 e. The molecule has 0 spiro atoms. The van der Waals surface area contributed by atoms with Gasteiger partial charge in [-0.05, 0) is 25.5 Å². The summed E-state index contributed by atoms with van der Waals surface area (Å²) in [5.41, 5.74) is 1.16. The summed E-state index contributed by atoms with van der Waals surface area (Å²) in [5.74, 6) is -0.0199. The molecule has 2 aromatic rings. The predicted octanol–water partition coefficient (Wildman–Crippen LogP) is 3.15. The standard InChI is InChI=1S/C16H12F3N3O2/c1-9-6-13(23)11-4-5-22(15(11)21-9)12-3-2-10(8-20)7-14(12)24-16(17,18)19/h2-3,6-7H,4-5H2,1H3,(H,21,23). The number of ether oxygens (including phenoxy) is 1. The zero-order chi connectivity index (χ0) is 17.5. The van der Waals surface area contributed by atoms with E-state index in [0.717, 1.165) is 6.07 Å². The summed E-state index contributed by atoms with van der Waals surface area (Å²) >= 11 is 0. The maximum Gasteiger partial charge on any atom is 0.573 e. The normalized spacial score (nSPS) is 13.5. The first-order valence-corrected chi connectivity index (χ1v) is 7.09. The van der Waals surface area contributed by atoms with Crippen molar-refractivity contribution in [3.8, 4) is 11.8 Å². The number of aromatic amines is 1. The van der Waals surface area contributed by atoms with Crippen LogP contribution in [0, 0.1) is 18.3 Å². The molecule has 0 radical (unpaired) electrons. The molecule has 1 aliphatic rings. The zero-order valence-electron chi connectivity index (χ0n) is 12.6. The van der Waals surface area contributed by atoms with Crippen molar-refractivity contribution < 1.29 is 17.9 Å². The topological polar surface area (TPSA) is 69.1 Å². The van der Waals surface area contributed by atoms with Gasteiger partial charge in [0.2, 0.25) is 0 Å². The highest BCUT2D eigenvalue weighted by Gasteiger charge is 2.34. The Kier molecular flexibility index (Phi) is 3.72. The Morgan fingerprint density at radius 3 is 2.75 bits per heavy atom. The van der Waals surface area contributed by atoms with E-state index in [1.165, 1.54) is 18.2 Å². The molecular formula is C16H12F3N3O2. The lowest BCUT2D eigenvalue weighted by atomic mass is 10.2. The highest BCUT2D eigenvalue weighted by atomic mass is 19.4. The molecule has 1 aromatic heterocycles. The molecule has 0 fully saturated rings. The van der Waals surface area contributed by atoms with Crippen molar-refractivity contribution in [2.45, 2.75) is 19.7 Å². The molecule has 0 atom stereocenters. The number of nitrogens with zero attached hydrogens (tertiary/aromatic N) is 2. The van der Waals surface area contributed by atoms with E-state index < -0.39 is 12.1 Å². The molecule has 24 heavy (non-hydrogen) atoms. The average Bonchev–Trinajstić information content (AvgIpc) is 2.89. The number of fused-ring (bicyclic) bond motifs is 1. The molecule has 0 saturated carbocycles. The quantitative estimate of drug-likeness (QED) is 0.915. The van der Waals surface area contributed by atoms with E-state index in [2.05, 4.69) is 9.72 Å². The number of rotatable bonds is 2. The zero-order valence-corrected chi connectivity index (χ0v) is 12.6. The average molecular weight is 335 g/mol. The Hall–Kier alpha value is -2.95. The summed E-state index contributed by atoms with van der Waals surface area (Å²) in [5, 5.41) is 8.90. The van der Waals surface area contributed by atoms with Crippen LogP contribution in [-0.4, -0.2) is 17.9 Å². The first-order valence-electron chi connectivity index (χ1n) is 7.09. The molecule has 1 aliphatic heterocycles. The van der Waals surface area contributed by atoms with Gasteiger partial charge in [-0.15, -0.1) is 13.2 Å².